The van der Waals surface area contributed by atoms with Gasteiger partial charge in [-0.25, -0.2) is 9.13 Å². The molecule has 2 aromatic rings. The Bertz CT molecular complexity index is 489. The molecule has 0 unspecified atom stereocenters. The largest absolute Gasteiger partial charge is 1.00 e. The van der Waals surface area contributed by atoms with E-state index in [1.54, 1.807) is 0 Å². The molecule has 1 aromatic carbocycles. The molecule has 19 heavy (non-hydrogen) atoms. The van der Waals surface area contributed by atoms with Crippen LogP contribution in [0.1, 0.15) is 0 Å². The molecule has 0 aliphatic heterocycles. The summed E-state index contributed by atoms with van der Waals surface area (Å²) < 4.78 is 53.3. The van der Waals surface area contributed by atoms with Crippen LogP contribution in [0, 0.1) is 0 Å². The second-order valence-electron chi connectivity index (χ2n) is 3.46. The van der Waals surface area contributed by atoms with Gasteiger partial charge in [0.05, 0.1) is 7.05 Å². The second-order valence-corrected chi connectivity index (χ2v) is 4.74. The predicted octanol–water partition coefficient (Wildman–Crippen LogP) is 1.27. The molecule has 0 N–H and O–H groups in total. The van der Waals surface area contributed by atoms with Gasteiger partial charge in [-0.05, 0) is 12.1 Å². The van der Waals surface area contributed by atoms with E-state index in [2.05, 4.69) is 16.7 Å². The van der Waals surface area contributed by atoms with Gasteiger partial charge < -0.3 is 4.70 Å². The van der Waals surface area contributed by atoms with Crippen molar-refractivity contribution in [2.45, 2.75) is 0 Å². The van der Waals surface area contributed by atoms with Crippen molar-refractivity contribution in [2.75, 3.05) is 0 Å². The van der Waals surface area contributed by atoms with Crippen molar-refractivity contribution in [1.29, 1.82) is 0 Å². The van der Waals surface area contributed by atoms with Gasteiger partial charge in [0.25, 0.3) is 0 Å². The van der Waals surface area contributed by atoms with Crippen molar-refractivity contribution in [3.05, 3.63) is 49.1 Å². The number of aromatic nitrogens is 2. The van der Waals surface area contributed by atoms with Crippen LogP contribution in [0.15, 0.2) is 49.1 Å². The zero-order valence-corrected chi connectivity index (χ0v) is 10.6. The molecular weight excluding hydrogens is 293 g/mol. The van der Waals surface area contributed by atoms with Crippen molar-refractivity contribution in [2.24, 2.45) is 7.05 Å². The van der Waals surface area contributed by atoms with Gasteiger partial charge in [-0.3, -0.25) is 0 Å². The Hall–Kier alpha value is -1.56. The molecule has 0 radical (unpaired) electrons. The summed E-state index contributed by atoms with van der Waals surface area (Å²) in [5.74, 6) is 0. The minimum atomic E-state index is -8.55. The van der Waals surface area contributed by atoms with Crippen LogP contribution in [0.4, 0.5) is 21.0 Å². The van der Waals surface area contributed by atoms with E-state index in [0.717, 1.165) is 0 Å². The number of aryl methyl sites for hydroxylation is 1. The molecule has 0 aliphatic rings. The van der Waals surface area contributed by atoms with Gasteiger partial charge >= 0.3 is 29.1 Å². The van der Waals surface area contributed by atoms with Gasteiger partial charge in [-0.15, -0.1) is 0 Å². The maximum Gasteiger partial charge on any atom is -1.00 e. The zero-order chi connectivity index (χ0) is 13.8. The summed E-state index contributed by atoms with van der Waals surface area (Å²) >= 11 is 0. The Morgan fingerprint density at radius 1 is 1.00 bits per heavy atom. The fourth-order valence-electron chi connectivity index (χ4n) is 1.20. The van der Waals surface area contributed by atoms with Gasteiger partial charge in [0, 0.05) is 0 Å². The molecule has 2 rings (SSSR count). The van der Waals surface area contributed by atoms with Gasteiger partial charge in [0.2, 0.25) is 6.33 Å². The van der Waals surface area contributed by atoms with Crippen LogP contribution in [0.25, 0.3) is 5.69 Å². The monoisotopic (exact) mass is 304 g/mol. The first-order chi connectivity index (χ1) is 8.10. The number of benzene rings is 1. The van der Waals surface area contributed by atoms with Crippen molar-refractivity contribution >= 4 is 8.16 Å². The molecule has 2 nitrogen and oxygen atoms in total. The topological polar surface area (TPSA) is 8.81 Å². The fourth-order valence-corrected chi connectivity index (χ4v) is 1.20. The molecule has 0 atom stereocenters. The molecule has 0 aliphatic carbocycles. The van der Waals surface area contributed by atoms with Crippen molar-refractivity contribution < 1.29 is 30.3 Å². The second kappa shape index (κ2) is 6.06. The Morgan fingerprint density at radius 3 is 1.84 bits per heavy atom. The van der Waals surface area contributed by atoms with Crippen LogP contribution < -0.4 is 9.27 Å². The Balaban J connectivity index is 0.000000404. The van der Waals surface area contributed by atoms with Gasteiger partial charge in [-0.1, -0.05) is 18.2 Å². The molecule has 0 saturated carbocycles. The third-order valence-corrected chi connectivity index (χ3v) is 1.82. The smallest absolute Gasteiger partial charge is 1.00 e. The molecule has 0 fully saturated rings. The first-order valence-corrected chi connectivity index (χ1v) is 6.48. The summed E-state index contributed by atoms with van der Waals surface area (Å²) in [6.07, 6.45) is 6.09. The minimum Gasteiger partial charge on any atom is -1.00 e. The molecule has 1 aromatic heterocycles. The summed E-state index contributed by atoms with van der Waals surface area (Å²) in [5.41, 5.74) is 1.19. The van der Waals surface area contributed by atoms with Crippen LogP contribution in [-0.2, 0) is 7.05 Å². The Morgan fingerprint density at radius 2 is 1.47 bits per heavy atom. The van der Waals surface area contributed by atoms with Gasteiger partial charge in [-0.2, -0.15) is 0 Å². The fraction of sp³-hybridized carbons (Fsp3) is 0.100. The molecule has 108 valence electrons. The van der Waals surface area contributed by atoms with E-state index in [1.807, 2.05) is 48.5 Å². The predicted molar refractivity (Wildman–Crippen MR) is 59.4 cm³/mol. The van der Waals surface area contributed by atoms with E-state index in [-0.39, 0.29) is 4.70 Å². The number of hydrogen-bond donors (Lipinski definition) is 0. The van der Waals surface area contributed by atoms with E-state index in [9.17, 15) is 21.0 Å². The molecule has 0 bridgehead atoms. The molecular formula is C10H11F6N2P. The molecule has 1 heterocycles. The third-order valence-electron chi connectivity index (χ3n) is 1.82. The van der Waals surface area contributed by atoms with Crippen molar-refractivity contribution in [3.63, 3.8) is 0 Å². The maximum absolute atomic E-state index is 9.84. The molecule has 0 spiro atoms. The Labute approximate surface area is 106 Å². The minimum absolute atomic E-state index is 0. The summed E-state index contributed by atoms with van der Waals surface area (Å²) in [6, 6.07) is 10.3. The normalized spacial score (nSPS) is 12.4. The maximum atomic E-state index is 9.84. The number of halogens is 6. The van der Waals surface area contributed by atoms with Gasteiger partial charge in [0.15, 0.2) is 0 Å². The first kappa shape index (κ1) is 17.4. The standard InChI is InChI=1S/C10H11N2.F5P.FH/c1-11-7-8-12(9-11)10-5-3-2-4-6-10;1-6(2,3,4)5;/h2-9H,1H3;;1H/q+1;;/p-1. The summed E-state index contributed by atoms with van der Waals surface area (Å²) in [4.78, 5) is 0. The van der Waals surface area contributed by atoms with Crippen LogP contribution in [0.5, 0.6) is 0 Å². The van der Waals surface area contributed by atoms with Crippen LogP contribution in [0.3, 0.4) is 0 Å². The SMILES string of the molecule is C[n+]1ccn(-c2ccccc2)c1.FP(F)(F)(F)F.[F-]. The Kier molecular flexibility index (Phi) is 5.56. The van der Waals surface area contributed by atoms with Crippen LogP contribution >= 0.6 is 8.16 Å². The molecule has 0 amide bonds. The van der Waals surface area contributed by atoms with E-state index in [0.29, 0.717) is 0 Å². The molecule has 0 saturated heterocycles. The summed E-state index contributed by atoms with van der Waals surface area (Å²) in [5, 5.41) is 0. The van der Waals surface area contributed by atoms with Crippen molar-refractivity contribution in [1.82, 2.24) is 4.57 Å². The number of imidazole rings is 1. The van der Waals surface area contributed by atoms with E-state index < -0.39 is 8.16 Å². The summed E-state index contributed by atoms with van der Waals surface area (Å²) in [7, 11) is -6.54. The number of rotatable bonds is 1. The zero-order valence-electron chi connectivity index (χ0n) is 9.73. The number of nitrogens with zero attached hydrogens (tertiary/aromatic N) is 2. The number of hydrogen-bond acceptors (Lipinski definition) is 0. The average Bonchev–Trinajstić information content (AvgIpc) is 2.62. The van der Waals surface area contributed by atoms with Crippen LogP contribution in [0.2, 0.25) is 0 Å². The van der Waals surface area contributed by atoms with E-state index in [4.69, 9.17) is 0 Å². The average molecular weight is 304 g/mol. The van der Waals surface area contributed by atoms with Crippen molar-refractivity contribution in [3.8, 4) is 5.69 Å². The molecule has 9 heteroatoms. The summed E-state index contributed by atoms with van der Waals surface area (Å²) in [6.45, 7) is 0. The van der Waals surface area contributed by atoms with Crippen LogP contribution in [-0.4, -0.2) is 4.57 Å². The quantitative estimate of drug-likeness (QED) is 0.426. The third kappa shape index (κ3) is 9.07. The van der Waals surface area contributed by atoms with Gasteiger partial charge in [0.1, 0.15) is 18.1 Å². The number of para-hydroxylation sites is 1. The van der Waals surface area contributed by atoms with E-state index >= 15 is 0 Å². The van der Waals surface area contributed by atoms with E-state index in [1.165, 1.54) is 5.69 Å². The first-order valence-electron chi connectivity index (χ1n) is 4.79.